The largest absolute Gasteiger partial charge is 0.416 e. The zero-order valence-corrected chi connectivity index (χ0v) is 13.5. The Balaban J connectivity index is 1.69. The number of nitrogens with zero attached hydrogens (tertiary/aromatic N) is 1. The van der Waals surface area contributed by atoms with Gasteiger partial charge in [-0.2, -0.15) is 13.2 Å². The van der Waals surface area contributed by atoms with Crippen molar-refractivity contribution in [3.8, 4) is 11.8 Å². The minimum Gasteiger partial charge on any atom is -0.341 e. The molecule has 2 aromatic carbocycles. The lowest BCUT2D eigenvalue weighted by molar-refractivity contribution is -0.137. The molecule has 0 aliphatic heterocycles. The number of carbonyl (C=O) groups is 1. The number of halogens is 3. The van der Waals surface area contributed by atoms with E-state index in [4.69, 9.17) is 0 Å². The first-order valence-corrected chi connectivity index (χ1v) is 7.73. The van der Waals surface area contributed by atoms with Crippen molar-refractivity contribution in [3.63, 3.8) is 0 Å². The highest BCUT2D eigenvalue weighted by Crippen LogP contribution is 2.29. The fourth-order valence-corrected chi connectivity index (χ4v) is 2.43. The molecule has 0 bridgehead atoms. The van der Waals surface area contributed by atoms with E-state index in [1.54, 1.807) is 24.4 Å². The normalized spacial score (nSPS) is 10.9. The van der Waals surface area contributed by atoms with Gasteiger partial charge in [0.25, 0.3) is 5.91 Å². The second-order valence-corrected chi connectivity index (χ2v) is 5.44. The maximum absolute atomic E-state index is 12.7. The van der Waals surface area contributed by atoms with Crippen LogP contribution in [0.15, 0.2) is 60.8 Å². The molecule has 3 nitrogen and oxygen atoms in total. The lowest BCUT2D eigenvalue weighted by Gasteiger charge is -2.06. The summed E-state index contributed by atoms with van der Waals surface area (Å²) >= 11 is 0. The summed E-state index contributed by atoms with van der Waals surface area (Å²) in [6.07, 6.45) is -2.81. The molecule has 130 valence electrons. The van der Waals surface area contributed by atoms with E-state index < -0.39 is 11.7 Å². The van der Waals surface area contributed by atoms with Gasteiger partial charge in [0.15, 0.2) is 0 Å². The highest BCUT2D eigenvalue weighted by atomic mass is 19.4. The van der Waals surface area contributed by atoms with Gasteiger partial charge in [-0.3, -0.25) is 9.78 Å². The molecule has 0 atom stereocenters. The number of amides is 1. The van der Waals surface area contributed by atoms with Gasteiger partial charge in [0.05, 0.1) is 23.2 Å². The van der Waals surface area contributed by atoms with Gasteiger partial charge >= 0.3 is 6.18 Å². The van der Waals surface area contributed by atoms with Crippen LogP contribution in [0.2, 0.25) is 0 Å². The molecule has 1 amide bonds. The van der Waals surface area contributed by atoms with E-state index in [2.05, 4.69) is 22.1 Å². The Labute approximate surface area is 147 Å². The van der Waals surface area contributed by atoms with Gasteiger partial charge in [0.2, 0.25) is 0 Å². The van der Waals surface area contributed by atoms with Crippen LogP contribution >= 0.6 is 0 Å². The molecule has 0 unspecified atom stereocenters. The molecule has 1 N–H and O–H groups in total. The Bertz CT molecular complexity index is 1010. The van der Waals surface area contributed by atoms with Gasteiger partial charge < -0.3 is 5.32 Å². The second-order valence-electron chi connectivity index (χ2n) is 5.44. The first-order chi connectivity index (χ1) is 12.4. The molecule has 3 aromatic rings. The molecule has 0 spiro atoms. The maximum Gasteiger partial charge on any atom is 0.416 e. The molecule has 0 aliphatic rings. The summed E-state index contributed by atoms with van der Waals surface area (Å²) in [6, 6.07) is 13.7. The monoisotopic (exact) mass is 354 g/mol. The zero-order valence-electron chi connectivity index (χ0n) is 13.5. The van der Waals surface area contributed by atoms with E-state index in [0.717, 1.165) is 17.5 Å². The Morgan fingerprint density at radius 1 is 1.08 bits per heavy atom. The van der Waals surface area contributed by atoms with E-state index in [0.29, 0.717) is 11.1 Å². The lowest BCUT2D eigenvalue weighted by atomic mass is 10.1. The van der Waals surface area contributed by atoms with Crippen LogP contribution in [0, 0.1) is 11.8 Å². The SMILES string of the molecule is O=C(NCC#Cc1cccc(C(F)(F)F)c1)c1cccc2cccnc12. The van der Waals surface area contributed by atoms with E-state index in [9.17, 15) is 18.0 Å². The van der Waals surface area contributed by atoms with Gasteiger partial charge in [-0.05, 0) is 30.3 Å². The number of para-hydroxylation sites is 1. The predicted octanol–water partition coefficient (Wildman–Crippen LogP) is 4.04. The van der Waals surface area contributed by atoms with Crippen molar-refractivity contribution in [3.05, 3.63) is 77.5 Å². The molecular weight excluding hydrogens is 341 g/mol. The maximum atomic E-state index is 12.7. The molecular formula is C20H13F3N2O. The molecule has 1 aromatic heterocycles. The summed E-state index contributed by atoms with van der Waals surface area (Å²) in [6.45, 7) is 0.0122. The number of alkyl halides is 3. The van der Waals surface area contributed by atoms with Gasteiger partial charge in [0.1, 0.15) is 0 Å². The molecule has 3 rings (SSSR count). The molecule has 1 heterocycles. The van der Waals surface area contributed by atoms with Crippen LogP contribution < -0.4 is 5.32 Å². The number of nitrogens with one attached hydrogen (secondary N) is 1. The summed E-state index contributed by atoms with van der Waals surface area (Å²) in [5.41, 5.74) is 0.485. The van der Waals surface area contributed by atoms with Crippen LogP contribution in [0.25, 0.3) is 10.9 Å². The van der Waals surface area contributed by atoms with Crippen molar-refractivity contribution in [1.82, 2.24) is 10.3 Å². The van der Waals surface area contributed by atoms with Gasteiger partial charge in [0, 0.05) is 17.1 Å². The molecule has 0 fully saturated rings. The standard InChI is InChI=1S/C20H13F3N2O/c21-20(22,23)16-9-1-5-14(13-16)6-3-12-25-19(26)17-10-2-7-15-8-4-11-24-18(15)17/h1-2,4-5,7-11,13H,12H2,(H,25,26). The number of benzene rings is 2. The van der Waals surface area contributed by atoms with Crippen molar-refractivity contribution in [1.29, 1.82) is 0 Å². The van der Waals surface area contributed by atoms with Gasteiger partial charge in [-0.15, -0.1) is 0 Å². The Hall–Kier alpha value is -3.33. The number of hydrogen-bond donors (Lipinski definition) is 1. The van der Waals surface area contributed by atoms with Crippen LogP contribution in [-0.2, 0) is 6.18 Å². The smallest absolute Gasteiger partial charge is 0.341 e. The van der Waals surface area contributed by atoms with E-state index in [-0.39, 0.29) is 18.0 Å². The fourth-order valence-electron chi connectivity index (χ4n) is 2.43. The average molecular weight is 354 g/mol. The van der Waals surface area contributed by atoms with E-state index in [1.165, 1.54) is 12.1 Å². The topological polar surface area (TPSA) is 42.0 Å². The van der Waals surface area contributed by atoms with Crippen molar-refractivity contribution in [2.45, 2.75) is 6.18 Å². The highest BCUT2D eigenvalue weighted by molar-refractivity contribution is 6.05. The lowest BCUT2D eigenvalue weighted by Crippen LogP contribution is -2.24. The van der Waals surface area contributed by atoms with Crippen LogP contribution in [0.1, 0.15) is 21.5 Å². The summed E-state index contributed by atoms with van der Waals surface area (Å²) in [4.78, 5) is 16.5. The second kappa shape index (κ2) is 7.28. The van der Waals surface area contributed by atoms with Crippen LogP contribution in [0.5, 0.6) is 0 Å². The van der Waals surface area contributed by atoms with Gasteiger partial charge in [-0.25, -0.2) is 0 Å². The molecule has 0 radical (unpaired) electrons. The summed E-state index contributed by atoms with van der Waals surface area (Å²) in [5, 5.41) is 3.47. The zero-order chi connectivity index (χ0) is 18.6. The number of fused-ring (bicyclic) bond motifs is 1. The predicted molar refractivity (Wildman–Crippen MR) is 92.4 cm³/mol. The Morgan fingerprint density at radius 3 is 2.65 bits per heavy atom. The van der Waals surface area contributed by atoms with Gasteiger partial charge in [-0.1, -0.05) is 36.1 Å². The van der Waals surface area contributed by atoms with Crippen molar-refractivity contribution in [2.75, 3.05) is 6.54 Å². The average Bonchev–Trinajstić information content (AvgIpc) is 2.64. The minimum atomic E-state index is -4.41. The number of aromatic nitrogens is 1. The van der Waals surface area contributed by atoms with Crippen LogP contribution in [-0.4, -0.2) is 17.4 Å². The third kappa shape index (κ3) is 4.01. The van der Waals surface area contributed by atoms with E-state index in [1.807, 2.05) is 12.1 Å². The Morgan fingerprint density at radius 2 is 1.85 bits per heavy atom. The molecule has 0 saturated heterocycles. The quantitative estimate of drug-likeness (QED) is 0.706. The highest BCUT2D eigenvalue weighted by Gasteiger charge is 2.30. The fraction of sp³-hybridized carbons (Fsp3) is 0.100. The molecule has 0 saturated carbocycles. The summed E-state index contributed by atoms with van der Waals surface area (Å²) in [5.74, 6) is 4.94. The van der Waals surface area contributed by atoms with E-state index >= 15 is 0 Å². The Kier molecular flexibility index (Phi) is 4.90. The summed E-state index contributed by atoms with van der Waals surface area (Å²) in [7, 11) is 0. The molecule has 26 heavy (non-hydrogen) atoms. The van der Waals surface area contributed by atoms with Crippen molar-refractivity contribution >= 4 is 16.8 Å². The third-order valence-corrected chi connectivity index (χ3v) is 3.64. The van der Waals surface area contributed by atoms with Crippen LogP contribution in [0.3, 0.4) is 0 Å². The first-order valence-electron chi connectivity index (χ1n) is 7.73. The third-order valence-electron chi connectivity index (χ3n) is 3.64. The number of hydrogen-bond acceptors (Lipinski definition) is 2. The first kappa shape index (κ1) is 17.5. The van der Waals surface area contributed by atoms with Crippen molar-refractivity contribution < 1.29 is 18.0 Å². The molecule has 0 aliphatic carbocycles. The summed E-state index contributed by atoms with van der Waals surface area (Å²) < 4.78 is 38.0. The number of pyridine rings is 1. The molecule has 6 heteroatoms. The number of rotatable bonds is 2. The van der Waals surface area contributed by atoms with Crippen LogP contribution in [0.4, 0.5) is 13.2 Å². The minimum absolute atomic E-state index is 0.0122. The number of carbonyl (C=O) groups excluding carboxylic acids is 1. The van der Waals surface area contributed by atoms with Crippen molar-refractivity contribution in [2.24, 2.45) is 0 Å².